The quantitative estimate of drug-likeness (QED) is 0.736. The minimum absolute atomic E-state index is 0.0552. The largest absolute Gasteiger partial charge is 0.493 e. The molecule has 0 unspecified atom stereocenters. The Morgan fingerprint density at radius 3 is 2.11 bits per heavy atom. The molecule has 0 radical (unpaired) electrons. The fraction of sp³-hybridized carbons (Fsp3) is 0.600. The van der Waals surface area contributed by atoms with E-state index in [1.807, 2.05) is 0 Å². The predicted octanol–water partition coefficient (Wildman–Crippen LogP) is 3.01. The molecule has 1 aromatic carbocycles. The van der Waals surface area contributed by atoms with Crippen molar-refractivity contribution in [1.82, 2.24) is 0 Å². The van der Waals surface area contributed by atoms with Crippen LogP contribution in [0.1, 0.15) is 32.3 Å². The third-order valence-electron chi connectivity index (χ3n) is 2.88. The summed E-state index contributed by atoms with van der Waals surface area (Å²) < 4.78 is 16.4. The van der Waals surface area contributed by atoms with Crippen molar-refractivity contribution in [2.45, 2.75) is 33.3 Å². The van der Waals surface area contributed by atoms with E-state index in [0.29, 0.717) is 29.8 Å². The molecule has 0 spiro atoms. The van der Waals surface area contributed by atoms with E-state index in [0.717, 1.165) is 18.4 Å². The fourth-order valence-electron chi connectivity index (χ4n) is 1.83. The Balaban J connectivity index is 2.79. The van der Waals surface area contributed by atoms with E-state index in [1.54, 1.807) is 26.4 Å². The maximum atomic E-state index is 9.19. The highest BCUT2D eigenvalue weighted by molar-refractivity contribution is 5.53. The summed E-state index contributed by atoms with van der Waals surface area (Å²) in [6.07, 6.45) is 2.12. The first-order valence-corrected chi connectivity index (χ1v) is 6.60. The molecule has 108 valence electrons. The third kappa shape index (κ3) is 4.63. The Bertz CT molecular complexity index is 363. The van der Waals surface area contributed by atoms with E-state index >= 15 is 0 Å². The van der Waals surface area contributed by atoms with Crippen LogP contribution in [-0.2, 0) is 6.61 Å². The van der Waals surface area contributed by atoms with Gasteiger partial charge in [0, 0.05) is 0 Å². The molecule has 0 atom stereocenters. The molecule has 19 heavy (non-hydrogen) atoms. The molecule has 1 N–H and O–H groups in total. The molecule has 0 saturated heterocycles. The minimum Gasteiger partial charge on any atom is -0.493 e. The number of ether oxygens (including phenoxy) is 3. The zero-order valence-electron chi connectivity index (χ0n) is 12.2. The van der Waals surface area contributed by atoms with Crippen LogP contribution < -0.4 is 14.2 Å². The number of methoxy groups -OCH3 is 2. The van der Waals surface area contributed by atoms with E-state index in [9.17, 15) is 5.11 Å². The number of aliphatic hydroxyl groups is 1. The lowest BCUT2D eigenvalue weighted by Gasteiger charge is -2.16. The highest BCUT2D eigenvalue weighted by Crippen LogP contribution is 2.38. The molecule has 0 aromatic heterocycles. The van der Waals surface area contributed by atoms with Crippen molar-refractivity contribution in [3.05, 3.63) is 17.7 Å². The Morgan fingerprint density at radius 1 is 1.11 bits per heavy atom. The van der Waals surface area contributed by atoms with Crippen LogP contribution >= 0.6 is 0 Å². The monoisotopic (exact) mass is 268 g/mol. The summed E-state index contributed by atoms with van der Waals surface area (Å²) in [6, 6.07) is 3.53. The van der Waals surface area contributed by atoms with Crippen LogP contribution in [-0.4, -0.2) is 25.9 Å². The summed E-state index contributed by atoms with van der Waals surface area (Å²) in [4.78, 5) is 0. The van der Waals surface area contributed by atoms with Gasteiger partial charge in [0.1, 0.15) is 0 Å². The van der Waals surface area contributed by atoms with E-state index in [2.05, 4.69) is 13.8 Å². The van der Waals surface area contributed by atoms with Gasteiger partial charge in [-0.15, -0.1) is 0 Å². The highest BCUT2D eigenvalue weighted by atomic mass is 16.5. The van der Waals surface area contributed by atoms with Crippen molar-refractivity contribution >= 4 is 0 Å². The Morgan fingerprint density at radius 2 is 1.68 bits per heavy atom. The molecular formula is C15H24O4. The molecule has 0 aliphatic rings. The van der Waals surface area contributed by atoms with E-state index in [1.165, 1.54) is 0 Å². The smallest absolute Gasteiger partial charge is 0.203 e. The highest BCUT2D eigenvalue weighted by Gasteiger charge is 2.13. The van der Waals surface area contributed by atoms with Crippen LogP contribution in [0.3, 0.4) is 0 Å². The summed E-state index contributed by atoms with van der Waals surface area (Å²) in [6.45, 7) is 4.96. The Kier molecular flexibility index (Phi) is 6.50. The molecule has 4 nitrogen and oxygen atoms in total. The first kappa shape index (κ1) is 15.6. The van der Waals surface area contributed by atoms with Gasteiger partial charge in [-0.2, -0.15) is 0 Å². The average Bonchev–Trinajstić information content (AvgIpc) is 2.42. The zero-order chi connectivity index (χ0) is 14.3. The van der Waals surface area contributed by atoms with Gasteiger partial charge in [0.2, 0.25) is 5.75 Å². The topological polar surface area (TPSA) is 47.9 Å². The summed E-state index contributed by atoms with van der Waals surface area (Å²) in [5.41, 5.74) is 0.739. The van der Waals surface area contributed by atoms with Crippen LogP contribution in [0.5, 0.6) is 17.2 Å². The first-order valence-electron chi connectivity index (χ1n) is 6.60. The molecule has 0 aliphatic heterocycles. The second-order valence-corrected chi connectivity index (χ2v) is 4.87. The number of benzene rings is 1. The first-order chi connectivity index (χ1) is 9.12. The van der Waals surface area contributed by atoms with Crippen LogP contribution in [0.15, 0.2) is 12.1 Å². The van der Waals surface area contributed by atoms with E-state index in [4.69, 9.17) is 14.2 Å². The van der Waals surface area contributed by atoms with E-state index in [-0.39, 0.29) is 6.61 Å². The van der Waals surface area contributed by atoms with Crippen LogP contribution in [0.4, 0.5) is 0 Å². The summed E-state index contributed by atoms with van der Waals surface area (Å²) >= 11 is 0. The van der Waals surface area contributed by atoms with Gasteiger partial charge in [0.25, 0.3) is 0 Å². The number of aliphatic hydroxyl groups excluding tert-OH is 1. The van der Waals surface area contributed by atoms with Gasteiger partial charge in [0.05, 0.1) is 27.4 Å². The van der Waals surface area contributed by atoms with Gasteiger partial charge in [-0.3, -0.25) is 0 Å². The summed E-state index contributed by atoms with van der Waals surface area (Å²) in [7, 11) is 3.16. The van der Waals surface area contributed by atoms with Crippen LogP contribution in [0.25, 0.3) is 0 Å². The lowest BCUT2D eigenvalue weighted by atomic mass is 10.1. The number of hydrogen-bond acceptors (Lipinski definition) is 4. The molecule has 0 aliphatic carbocycles. The van der Waals surface area contributed by atoms with Crippen molar-refractivity contribution < 1.29 is 19.3 Å². The lowest BCUT2D eigenvalue weighted by Crippen LogP contribution is -2.03. The molecule has 0 fully saturated rings. The molecule has 0 bridgehead atoms. The van der Waals surface area contributed by atoms with Gasteiger partial charge in [0.15, 0.2) is 11.5 Å². The number of hydrogen-bond donors (Lipinski definition) is 1. The van der Waals surface area contributed by atoms with Gasteiger partial charge in [-0.25, -0.2) is 0 Å². The van der Waals surface area contributed by atoms with Crippen LogP contribution in [0, 0.1) is 5.92 Å². The second-order valence-electron chi connectivity index (χ2n) is 4.87. The Labute approximate surface area is 115 Å². The molecule has 0 heterocycles. The maximum Gasteiger partial charge on any atom is 0.203 e. The zero-order valence-corrected chi connectivity index (χ0v) is 12.2. The third-order valence-corrected chi connectivity index (χ3v) is 2.88. The van der Waals surface area contributed by atoms with Crippen molar-refractivity contribution in [3.63, 3.8) is 0 Å². The maximum absolute atomic E-state index is 9.19. The van der Waals surface area contributed by atoms with E-state index < -0.39 is 0 Å². The van der Waals surface area contributed by atoms with Gasteiger partial charge >= 0.3 is 0 Å². The van der Waals surface area contributed by atoms with Crippen molar-refractivity contribution in [2.24, 2.45) is 5.92 Å². The number of rotatable bonds is 8. The molecule has 1 rings (SSSR count). The minimum atomic E-state index is -0.0552. The standard InChI is InChI=1S/C15H24O4/c1-11(2)6-5-7-19-15-13(17-3)8-12(10-16)9-14(15)18-4/h8-9,11,16H,5-7,10H2,1-4H3. The van der Waals surface area contributed by atoms with Crippen molar-refractivity contribution in [1.29, 1.82) is 0 Å². The second kappa shape index (κ2) is 7.89. The van der Waals surface area contributed by atoms with Gasteiger partial charge in [-0.05, 0) is 36.5 Å². The van der Waals surface area contributed by atoms with Crippen LogP contribution in [0.2, 0.25) is 0 Å². The molecule has 0 saturated carbocycles. The van der Waals surface area contributed by atoms with Gasteiger partial charge in [-0.1, -0.05) is 13.8 Å². The SMILES string of the molecule is COc1cc(CO)cc(OC)c1OCCCC(C)C. The normalized spacial score (nSPS) is 10.6. The lowest BCUT2D eigenvalue weighted by molar-refractivity contribution is 0.258. The van der Waals surface area contributed by atoms with Crippen molar-refractivity contribution in [3.8, 4) is 17.2 Å². The fourth-order valence-corrected chi connectivity index (χ4v) is 1.83. The average molecular weight is 268 g/mol. The summed E-state index contributed by atoms with van der Waals surface area (Å²) in [5.74, 6) is 2.45. The molecule has 1 aromatic rings. The van der Waals surface area contributed by atoms with Gasteiger partial charge < -0.3 is 19.3 Å². The van der Waals surface area contributed by atoms with Crippen molar-refractivity contribution in [2.75, 3.05) is 20.8 Å². The predicted molar refractivity (Wildman–Crippen MR) is 75.0 cm³/mol. The molecule has 0 amide bonds. The molecular weight excluding hydrogens is 244 g/mol. The summed E-state index contributed by atoms with van der Waals surface area (Å²) in [5, 5.41) is 9.19. The molecule has 4 heteroatoms. The Hall–Kier alpha value is -1.42.